The van der Waals surface area contributed by atoms with Gasteiger partial charge in [-0.05, 0) is 143 Å². The molecule has 0 fully saturated rings. The Balaban J connectivity index is 2.28. The van der Waals surface area contributed by atoms with Crippen LogP contribution in [-0.4, -0.2) is 4.70 Å². The molecular formula is C41H62N2. The largest absolute Gasteiger partial charge is 0.493 e. The van der Waals surface area contributed by atoms with Crippen molar-refractivity contribution in [2.75, 3.05) is 0 Å². The molecule has 1 aliphatic rings. The topological polar surface area (TPSA) is 25.3 Å². The molecule has 43 heavy (non-hydrogen) atoms. The van der Waals surface area contributed by atoms with Crippen LogP contribution in [-0.2, 0) is 19.3 Å². The molecule has 1 aliphatic heterocycles. The van der Waals surface area contributed by atoms with Gasteiger partial charge in [-0.2, -0.15) is 0 Å². The van der Waals surface area contributed by atoms with Crippen molar-refractivity contribution in [2.45, 2.75) is 165 Å². The van der Waals surface area contributed by atoms with Crippen LogP contribution in [0, 0.1) is 20.8 Å². The van der Waals surface area contributed by atoms with Crippen molar-refractivity contribution < 1.29 is 4.70 Å². The summed E-state index contributed by atoms with van der Waals surface area (Å²) in [6.45, 7) is 18.1. The SMILES string of the molecule is CCCCCCC1=C(c2cc(C)c(C)c(C)c2)[N+](=[N-])C(c2cc(CCCC)c(CCCC)c(CCCC)c2)=C1CCCC. The monoisotopic (exact) mass is 582 g/mol. The Morgan fingerprint density at radius 1 is 0.488 bits per heavy atom. The maximum atomic E-state index is 12.3. The van der Waals surface area contributed by atoms with Crippen molar-refractivity contribution in [3.8, 4) is 0 Å². The molecule has 0 spiro atoms. The number of rotatable bonds is 19. The Kier molecular flexibility index (Phi) is 14.4. The number of aryl methyl sites for hydroxylation is 4. The van der Waals surface area contributed by atoms with Crippen LogP contribution in [0.3, 0.4) is 0 Å². The number of unbranched alkanes of at least 4 members (excludes halogenated alkanes) is 7. The van der Waals surface area contributed by atoms with E-state index in [4.69, 9.17) is 0 Å². The Bertz CT molecular complexity index is 1240. The fraction of sp³-hybridized carbons (Fsp3) is 0.610. The van der Waals surface area contributed by atoms with E-state index in [9.17, 15) is 5.53 Å². The average Bonchev–Trinajstić information content (AvgIpc) is 3.27. The van der Waals surface area contributed by atoms with Gasteiger partial charge in [-0.3, -0.25) is 0 Å². The van der Waals surface area contributed by atoms with Crippen LogP contribution in [0.4, 0.5) is 0 Å². The molecule has 3 rings (SSSR count). The molecular weight excluding hydrogens is 520 g/mol. The van der Waals surface area contributed by atoms with Crippen LogP contribution in [0.15, 0.2) is 35.4 Å². The van der Waals surface area contributed by atoms with E-state index in [1.165, 1.54) is 115 Å². The van der Waals surface area contributed by atoms with Crippen LogP contribution in [0.25, 0.3) is 16.9 Å². The van der Waals surface area contributed by atoms with E-state index in [-0.39, 0.29) is 0 Å². The summed E-state index contributed by atoms with van der Waals surface area (Å²) in [6.07, 6.45) is 20.0. The summed E-state index contributed by atoms with van der Waals surface area (Å²) in [5.41, 5.74) is 28.1. The Morgan fingerprint density at radius 3 is 1.40 bits per heavy atom. The lowest BCUT2D eigenvalue weighted by molar-refractivity contribution is -0.345. The summed E-state index contributed by atoms with van der Waals surface area (Å²) < 4.78 is 1.62. The summed E-state index contributed by atoms with van der Waals surface area (Å²) in [5.74, 6) is 0. The van der Waals surface area contributed by atoms with Crippen molar-refractivity contribution in [2.24, 2.45) is 0 Å². The molecule has 0 atom stereocenters. The summed E-state index contributed by atoms with van der Waals surface area (Å²) in [5, 5.41) is 0. The van der Waals surface area contributed by atoms with Gasteiger partial charge in [-0.25, -0.2) is 4.70 Å². The third kappa shape index (κ3) is 8.80. The van der Waals surface area contributed by atoms with Crippen molar-refractivity contribution in [1.82, 2.24) is 0 Å². The molecule has 2 aromatic rings. The first-order valence-electron chi connectivity index (χ1n) is 18.0. The van der Waals surface area contributed by atoms with E-state index >= 15 is 0 Å². The third-order valence-electron chi connectivity index (χ3n) is 9.71. The molecule has 0 saturated heterocycles. The quantitative estimate of drug-likeness (QED) is 0.116. The highest BCUT2D eigenvalue weighted by molar-refractivity contribution is 5.83. The molecule has 0 unspecified atom stereocenters. The van der Waals surface area contributed by atoms with Gasteiger partial charge in [0, 0.05) is 22.3 Å². The second-order valence-corrected chi connectivity index (χ2v) is 13.2. The molecule has 2 nitrogen and oxygen atoms in total. The van der Waals surface area contributed by atoms with Crippen molar-refractivity contribution >= 4 is 11.4 Å². The smallest absolute Gasteiger partial charge is 0.211 e. The lowest BCUT2D eigenvalue weighted by Gasteiger charge is -2.19. The van der Waals surface area contributed by atoms with Gasteiger partial charge in [0.15, 0.2) is 0 Å². The number of hydrogen-bond donors (Lipinski definition) is 0. The first-order chi connectivity index (χ1) is 20.8. The molecule has 2 heteroatoms. The maximum absolute atomic E-state index is 12.3. The third-order valence-corrected chi connectivity index (χ3v) is 9.71. The molecule has 0 amide bonds. The zero-order valence-electron chi connectivity index (χ0n) is 29.2. The molecule has 0 N–H and O–H groups in total. The summed E-state index contributed by atoms with van der Waals surface area (Å²) in [4.78, 5) is 0. The summed E-state index contributed by atoms with van der Waals surface area (Å²) in [6, 6.07) is 9.56. The van der Waals surface area contributed by atoms with Gasteiger partial charge >= 0.3 is 0 Å². The van der Waals surface area contributed by atoms with E-state index in [2.05, 4.69) is 79.7 Å². The Labute approximate surface area is 265 Å². The molecule has 0 bridgehead atoms. The summed E-state index contributed by atoms with van der Waals surface area (Å²) in [7, 11) is 0. The van der Waals surface area contributed by atoms with Crippen molar-refractivity contribution in [3.63, 3.8) is 0 Å². The molecule has 236 valence electrons. The number of nitrogens with zero attached hydrogens (tertiary/aromatic N) is 2. The average molecular weight is 583 g/mol. The van der Waals surface area contributed by atoms with Gasteiger partial charge in [0.2, 0.25) is 11.4 Å². The fourth-order valence-corrected chi connectivity index (χ4v) is 6.83. The van der Waals surface area contributed by atoms with E-state index in [1.54, 1.807) is 10.3 Å². The van der Waals surface area contributed by atoms with Crippen LogP contribution < -0.4 is 0 Å². The van der Waals surface area contributed by atoms with Crippen molar-refractivity contribution in [1.29, 1.82) is 0 Å². The van der Waals surface area contributed by atoms with E-state index in [0.29, 0.717) is 0 Å². The van der Waals surface area contributed by atoms with Gasteiger partial charge in [-0.15, -0.1) is 0 Å². The minimum Gasteiger partial charge on any atom is -0.493 e. The van der Waals surface area contributed by atoms with Crippen LogP contribution >= 0.6 is 0 Å². The first kappa shape index (κ1) is 35.0. The van der Waals surface area contributed by atoms with Crippen LogP contribution in [0.2, 0.25) is 0 Å². The van der Waals surface area contributed by atoms with Crippen molar-refractivity contribution in [3.05, 3.63) is 85.5 Å². The first-order valence-corrected chi connectivity index (χ1v) is 18.0. The van der Waals surface area contributed by atoms with Gasteiger partial charge in [0.1, 0.15) is 0 Å². The normalized spacial score (nSPS) is 13.6. The second kappa shape index (κ2) is 17.7. The lowest BCUT2D eigenvalue weighted by Crippen LogP contribution is -2.08. The number of hydrogen-bond acceptors (Lipinski definition) is 0. The zero-order chi connectivity index (χ0) is 31.4. The molecule has 0 aliphatic carbocycles. The minimum absolute atomic E-state index is 1.02. The maximum Gasteiger partial charge on any atom is 0.211 e. The molecule has 0 radical (unpaired) electrons. The second-order valence-electron chi connectivity index (χ2n) is 13.2. The van der Waals surface area contributed by atoms with E-state index in [1.807, 2.05) is 0 Å². The molecule has 2 aromatic carbocycles. The number of allylic oxidation sites excluding steroid dienone is 2. The van der Waals surface area contributed by atoms with Gasteiger partial charge in [-0.1, -0.05) is 79.6 Å². The standard InChI is InChI=1S/C41H62N2/c1-9-14-19-20-25-39-38(24-18-13-5)41(43(42)40(39)35-26-30(6)32(8)31(7)27-35)36-28-33(21-15-10-2)37(23-17-12-4)34(29-36)22-16-11-3/h26-29H,9-25H2,1-8H3. The van der Waals surface area contributed by atoms with Gasteiger partial charge < -0.3 is 5.53 Å². The highest BCUT2D eigenvalue weighted by Gasteiger charge is 2.36. The zero-order valence-corrected chi connectivity index (χ0v) is 29.2. The predicted molar refractivity (Wildman–Crippen MR) is 189 cm³/mol. The van der Waals surface area contributed by atoms with E-state index < -0.39 is 0 Å². The number of benzene rings is 2. The van der Waals surface area contributed by atoms with Crippen LogP contribution in [0.5, 0.6) is 0 Å². The fourth-order valence-electron chi connectivity index (χ4n) is 6.83. The Morgan fingerprint density at radius 2 is 0.907 bits per heavy atom. The molecule has 1 heterocycles. The van der Waals surface area contributed by atoms with Crippen LogP contribution in [0.1, 0.15) is 169 Å². The van der Waals surface area contributed by atoms with Gasteiger partial charge in [0.05, 0.1) is 0 Å². The van der Waals surface area contributed by atoms with E-state index in [0.717, 1.165) is 55.5 Å². The Hall–Kier alpha value is -2.48. The highest BCUT2D eigenvalue weighted by atomic mass is 15.2. The lowest BCUT2D eigenvalue weighted by atomic mass is 9.86. The molecule has 0 saturated carbocycles. The molecule has 0 aromatic heterocycles. The summed E-state index contributed by atoms with van der Waals surface area (Å²) >= 11 is 0. The van der Waals surface area contributed by atoms with Gasteiger partial charge in [0.25, 0.3) is 0 Å². The predicted octanol–water partition coefficient (Wildman–Crippen LogP) is 13.0. The highest BCUT2D eigenvalue weighted by Crippen LogP contribution is 2.45. The minimum atomic E-state index is 1.02.